The number of fused-ring (bicyclic) bond motifs is 1. The van der Waals surface area contributed by atoms with E-state index in [1.165, 1.54) is 4.90 Å². The normalized spacial score (nSPS) is 34.3. The maximum atomic E-state index is 13.8. The number of oxime groups is 1. The molecule has 0 aromatic heterocycles. The lowest BCUT2D eigenvalue weighted by molar-refractivity contribution is -0.196. The second kappa shape index (κ2) is 18.1. The number of aliphatic hydroxyl groups is 2. The monoisotopic (exact) mass is 841 g/mol. The lowest BCUT2D eigenvalue weighted by Gasteiger charge is -2.63. The zero-order valence-electron chi connectivity index (χ0n) is 37.1. The highest BCUT2D eigenvalue weighted by atomic mass is 16.6. The number of carbonyl (C=O) groups is 4. The van der Waals surface area contributed by atoms with Gasteiger partial charge in [0.15, 0.2) is 6.61 Å². The molecule has 0 spiro atoms. The number of rotatable bonds is 2. The van der Waals surface area contributed by atoms with Gasteiger partial charge >= 0.3 is 0 Å². The molecule has 12 bridgehead atoms. The number of carbonyl (C=O) groups excluding carboxylic acids is 4. The van der Waals surface area contributed by atoms with Crippen molar-refractivity contribution in [1.82, 2.24) is 9.80 Å². The molecule has 11 aliphatic heterocycles. The molecule has 2 aromatic carbocycles. The van der Waals surface area contributed by atoms with Gasteiger partial charge in [0, 0.05) is 29.9 Å². The van der Waals surface area contributed by atoms with Gasteiger partial charge in [-0.2, -0.15) is 0 Å². The molecule has 0 saturated heterocycles. The lowest BCUT2D eigenvalue weighted by Crippen LogP contribution is -2.62. The molecule has 10 atom stereocenters. The van der Waals surface area contributed by atoms with Crippen molar-refractivity contribution >= 4 is 40.7 Å². The van der Waals surface area contributed by atoms with Crippen molar-refractivity contribution in [2.45, 2.75) is 131 Å². The van der Waals surface area contributed by atoms with Gasteiger partial charge in [0.05, 0.1) is 17.9 Å². The molecule has 0 unspecified atom stereocenters. The second-order valence-electron chi connectivity index (χ2n) is 19.7. The number of aliphatic hydroxyl groups excluding tert-OH is 2. The zero-order valence-corrected chi connectivity index (χ0v) is 37.1. The van der Waals surface area contributed by atoms with Gasteiger partial charge < -0.3 is 40.2 Å². The van der Waals surface area contributed by atoms with E-state index in [-0.39, 0.29) is 102 Å². The molecule has 332 valence electrons. The molecule has 17 rings (SSSR count). The maximum absolute atomic E-state index is 13.8. The predicted molar refractivity (Wildman–Crippen MR) is 234 cm³/mol. The molecule has 4 N–H and O–H groups in total. The van der Waals surface area contributed by atoms with E-state index in [2.05, 4.69) is 36.6 Å². The summed E-state index contributed by atoms with van der Waals surface area (Å²) in [5, 5.41) is 34.4. The van der Waals surface area contributed by atoms with E-state index < -0.39 is 12.2 Å². The number of anilines is 2. The van der Waals surface area contributed by atoms with Crippen LogP contribution in [0, 0.1) is 46.3 Å². The highest BCUT2D eigenvalue weighted by molar-refractivity contribution is 5.95. The van der Waals surface area contributed by atoms with Crippen LogP contribution in [0.5, 0.6) is 11.5 Å². The minimum Gasteiger partial charge on any atom is -0.457 e. The molecular formula is C48H67N5O8. The van der Waals surface area contributed by atoms with Crippen LogP contribution < -0.4 is 15.4 Å². The Labute approximate surface area is 361 Å². The molecule has 61 heavy (non-hydrogen) atoms. The largest absolute Gasteiger partial charge is 0.457 e. The lowest BCUT2D eigenvalue weighted by atomic mass is 9.43. The van der Waals surface area contributed by atoms with Crippen LogP contribution in [0.3, 0.4) is 0 Å². The average molecular weight is 842 g/mol. The highest BCUT2D eigenvalue weighted by Crippen LogP contribution is 2.68. The molecule has 4 fully saturated rings. The van der Waals surface area contributed by atoms with Crippen molar-refractivity contribution in [2.24, 2.45) is 51.5 Å². The van der Waals surface area contributed by atoms with E-state index in [0.717, 1.165) is 25.0 Å². The van der Waals surface area contributed by atoms with Crippen LogP contribution in [0.2, 0.25) is 0 Å². The van der Waals surface area contributed by atoms with Gasteiger partial charge in [0.25, 0.3) is 5.91 Å². The Morgan fingerprint density at radius 1 is 0.738 bits per heavy atom. The minimum absolute atomic E-state index is 0.0659. The third kappa shape index (κ3) is 9.19. The molecular weight excluding hydrogens is 775 g/mol. The van der Waals surface area contributed by atoms with Crippen molar-refractivity contribution in [3.8, 4) is 11.5 Å². The van der Waals surface area contributed by atoms with Gasteiger partial charge in [-0.25, -0.2) is 0 Å². The summed E-state index contributed by atoms with van der Waals surface area (Å²) in [5.41, 5.74) is 1.53. The summed E-state index contributed by atoms with van der Waals surface area (Å²) in [4.78, 5) is 62.3. The minimum atomic E-state index is -0.526. The SMILES string of the molecule is CC(C)N1CC(=O)Nc2ccc(cc2)Oc2ccc(cc2)NC(=O)CN(C(C)C)C(=O)CON=C2CC[C@@]3(C)[C@@H](C2)C[C@@H](O)[C@@H]2[C@@H]3C[C@H](O)[C@]3(C)[C@H](CC[C@@H]23)[C@H](C)CCC1=O. The van der Waals surface area contributed by atoms with Crippen molar-refractivity contribution < 1.29 is 39.0 Å². The van der Waals surface area contributed by atoms with E-state index in [1.807, 2.05) is 27.7 Å². The van der Waals surface area contributed by atoms with Gasteiger partial charge in [-0.3, -0.25) is 19.2 Å². The Kier molecular flexibility index (Phi) is 13.2. The fourth-order valence-electron chi connectivity index (χ4n) is 12.2. The maximum Gasteiger partial charge on any atom is 0.264 e. The van der Waals surface area contributed by atoms with Gasteiger partial charge in [0.2, 0.25) is 17.7 Å². The first-order valence-electron chi connectivity index (χ1n) is 22.6. The van der Waals surface area contributed by atoms with E-state index in [1.54, 1.807) is 53.4 Å². The Hall–Kier alpha value is -4.49. The van der Waals surface area contributed by atoms with Gasteiger partial charge in [-0.15, -0.1) is 0 Å². The summed E-state index contributed by atoms with van der Waals surface area (Å²) >= 11 is 0. The number of nitrogens with zero attached hydrogens (tertiary/aromatic N) is 3. The highest BCUT2D eigenvalue weighted by Gasteiger charge is 2.65. The standard InChI is InChI=1S/C48H67N5O8/c1-28(2)52-25-42(56)49-32-9-13-35(14-10-32)61-36-15-11-33(12-16-36)50-43(57)26-53(29(3)4)45(59)27-60-51-34-20-21-47(6)31(22-34)23-40(54)46-38-18-17-37(30(5)8-19-44(52)58)48(38,7)41(55)24-39(46)47/h9-16,28-31,37-41,46,54-55H,8,17-27H2,1-7H3,(H,49,56)(H,50,57)/t30-,31+,37-,38+,39+,40-,41+,46+,47+,48-/m1/s1. The molecule has 13 heteroatoms. The van der Waals surface area contributed by atoms with E-state index in [4.69, 9.17) is 9.57 Å². The summed E-state index contributed by atoms with van der Waals surface area (Å²) in [7, 11) is 0. The molecule has 4 saturated carbocycles. The molecule has 11 heterocycles. The van der Waals surface area contributed by atoms with Crippen LogP contribution in [0.1, 0.15) is 106 Å². The van der Waals surface area contributed by atoms with Crippen LogP contribution in [-0.4, -0.2) is 93.3 Å². The first-order chi connectivity index (χ1) is 29.0. The van der Waals surface area contributed by atoms with Crippen LogP contribution in [0.15, 0.2) is 53.7 Å². The third-order valence-corrected chi connectivity index (χ3v) is 15.6. The van der Waals surface area contributed by atoms with E-state index >= 15 is 0 Å². The molecule has 15 aliphatic rings. The molecule has 2 aromatic rings. The smallest absolute Gasteiger partial charge is 0.264 e. The van der Waals surface area contributed by atoms with Gasteiger partial charge in [-0.05, 0) is 174 Å². The van der Waals surface area contributed by atoms with Crippen molar-refractivity contribution in [3.05, 3.63) is 48.5 Å². The summed E-state index contributed by atoms with van der Waals surface area (Å²) in [6.07, 6.45) is 5.37. The van der Waals surface area contributed by atoms with E-state index in [0.29, 0.717) is 61.4 Å². The van der Waals surface area contributed by atoms with Crippen LogP contribution in [0.25, 0.3) is 0 Å². The van der Waals surface area contributed by atoms with Gasteiger partial charge in [-0.1, -0.05) is 25.9 Å². The summed E-state index contributed by atoms with van der Waals surface area (Å²) in [6, 6.07) is 13.4. The molecule has 4 aliphatic carbocycles. The van der Waals surface area contributed by atoms with Crippen LogP contribution in [0.4, 0.5) is 11.4 Å². The summed E-state index contributed by atoms with van der Waals surface area (Å²) < 4.78 is 6.00. The second-order valence-corrected chi connectivity index (χ2v) is 19.7. The van der Waals surface area contributed by atoms with Gasteiger partial charge in [0.1, 0.15) is 24.6 Å². The zero-order chi connectivity index (χ0) is 43.8. The van der Waals surface area contributed by atoms with Crippen molar-refractivity contribution in [1.29, 1.82) is 0 Å². The Morgan fingerprint density at radius 3 is 1.87 bits per heavy atom. The topological polar surface area (TPSA) is 170 Å². The predicted octanol–water partition coefficient (Wildman–Crippen LogP) is 7.23. The quantitative estimate of drug-likeness (QED) is 0.246. The first kappa shape index (κ1) is 44.6. The number of ether oxygens (including phenoxy) is 1. The van der Waals surface area contributed by atoms with E-state index in [9.17, 15) is 29.4 Å². The number of hydrogen-bond donors (Lipinski definition) is 4. The number of benzene rings is 2. The average Bonchev–Trinajstić information content (AvgIpc) is 3.58. The third-order valence-electron chi connectivity index (χ3n) is 15.6. The molecule has 13 nitrogen and oxygen atoms in total. The van der Waals surface area contributed by atoms with Crippen LogP contribution in [-0.2, 0) is 24.0 Å². The summed E-state index contributed by atoms with van der Waals surface area (Å²) in [5.74, 6) is 1.00. The fourth-order valence-corrected chi connectivity index (χ4v) is 12.2. The Bertz CT molecular complexity index is 1950. The van der Waals surface area contributed by atoms with Crippen molar-refractivity contribution in [3.63, 3.8) is 0 Å². The first-order valence-corrected chi connectivity index (χ1v) is 22.6. The van der Waals surface area contributed by atoms with Crippen LogP contribution >= 0.6 is 0 Å². The Balaban J connectivity index is 1.11. The number of amides is 4. The summed E-state index contributed by atoms with van der Waals surface area (Å²) in [6.45, 7) is 13.8. The number of hydrogen-bond acceptors (Lipinski definition) is 9. The molecule has 4 amide bonds. The fraction of sp³-hybridized carbons (Fsp3) is 0.646. The molecule has 0 radical (unpaired) electrons. The van der Waals surface area contributed by atoms with Crippen molar-refractivity contribution in [2.75, 3.05) is 30.3 Å². The number of nitrogens with one attached hydrogen (secondary N) is 2. The Morgan fingerprint density at radius 2 is 1.30 bits per heavy atom.